The Bertz CT molecular complexity index is 699. The zero-order valence-electron chi connectivity index (χ0n) is 13.9. The Kier molecular flexibility index (Phi) is 3.45. The molecule has 122 valence electrons. The third-order valence-corrected chi connectivity index (χ3v) is 5.93. The minimum Gasteiger partial charge on any atom is -0.378 e. The molecule has 2 aliphatic carbocycles. The zero-order chi connectivity index (χ0) is 16.0. The topological polar surface area (TPSA) is 34.0 Å². The monoisotopic (exact) mass is 312 g/mol. The summed E-state index contributed by atoms with van der Waals surface area (Å²) in [6.45, 7) is 2.82. The largest absolute Gasteiger partial charge is 0.378 e. The van der Waals surface area contributed by atoms with Gasteiger partial charge in [0, 0.05) is 43.0 Å². The van der Waals surface area contributed by atoms with Gasteiger partial charge in [0.25, 0.3) is 5.91 Å². The zero-order valence-corrected chi connectivity index (χ0v) is 13.9. The van der Waals surface area contributed by atoms with E-state index < -0.39 is 0 Å². The van der Waals surface area contributed by atoms with E-state index in [1.54, 1.807) is 0 Å². The number of amides is 1. The van der Waals surface area contributed by atoms with Gasteiger partial charge in [-0.3, -0.25) is 4.79 Å². The van der Waals surface area contributed by atoms with Crippen LogP contribution in [-0.4, -0.2) is 41.0 Å². The van der Waals surface area contributed by atoms with Crippen molar-refractivity contribution < 1.29 is 9.53 Å². The number of carbonyl (C=O) groups is 1. The molecule has 0 aliphatic heterocycles. The van der Waals surface area contributed by atoms with Crippen molar-refractivity contribution in [2.24, 2.45) is 5.41 Å². The first-order valence-electron chi connectivity index (χ1n) is 8.61. The molecule has 4 rings (SSSR count). The normalized spacial score (nSPS) is 25.1. The number of hydrogen-bond donors (Lipinski definition) is 0. The Morgan fingerprint density at radius 2 is 2.26 bits per heavy atom. The molecule has 4 nitrogen and oxygen atoms in total. The average molecular weight is 312 g/mol. The summed E-state index contributed by atoms with van der Waals surface area (Å²) in [6, 6.07) is 8.30. The number of hydrogen-bond acceptors (Lipinski definition) is 2. The van der Waals surface area contributed by atoms with Crippen LogP contribution in [0.25, 0.3) is 5.52 Å². The predicted molar refractivity (Wildman–Crippen MR) is 89.6 cm³/mol. The van der Waals surface area contributed by atoms with Crippen LogP contribution in [-0.2, 0) is 4.74 Å². The summed E-state index contributed by atoms with van der Waals surface area (Å²) in [5.41, 5.74) is 2.05. The molecule has 1 amide bonds. The first-order valence-corrected chi connectivity index (χ1v) is 8.61. The van der Waals surface area contributed by atoms with Crippen molar-refractivity contribution in [2.45, 2.75) is 44.8 Å². The van der Waals surface area contributed by atoms with E-state index in [2.05, 4.69) is 6.92 Å². The van der Waals surface area contributed by atoms with Crippen molar-refractivity contribution in [3.8, 4) is 0 Å². The van der Waals surface area contributed by atoms with E-state index in [9.17, 15) is 4.79 Å². The molecule has 2 fully saturated rings. The molecule has 0 saturated heterocycles. The molecule has 4 heteroatoms. The predicted octanol–water partition coefficient (Wildman–Crippen LogP) is 3.36. The third-order valence-electron chi connectivity index (χ3n) is 5.93. The Labute approximate surface area is 137 Å². The maximum absolute atomic E-state index is 12.9. The van der Waals surface area contributed by atoms with Gasteiger partial charge in [0.1, 0.15) is 0 Å². The van der Waals surface area contributed by atoms with Gasteiger partial charge < -0.3 is 14.0 Å². The number of aromatic nitrogens is 1. The van der Waals surface area contributed by atoms with Gasteiger partial charge in [-0.05, 0) is 44.4 Å². The molecule has 0 unspecified atom stereocenters. The summed E-state index contributed by atoms with van der Waals surface area (Å²) in [5.74, 6) is 0.125. The van der Waals surface area contributed by atoms with Gasteiger partial charge in [-0.15, -0.1) is 0 Å². The van der Waals surface area contributed by atoms with E-state index in [4.69, 9.17) is 4.74 Å². The molecule has 0 bridgehead atoms. The molecular weight excluding hydrogens is 288 g/mol. The van der Waals surface area contributed by atoms with Crippen LogP contribution >= 0.6 is 0 Å². The van der Waals surface area contributed by atoms with Crippen molar-refractivity contribution in [3.63, 3.8) is 0 Å². The molecule has 2 aromatic heterocycles. The van der Waals surface area contributed by atoms with E-state index >= 15 is 0 Å². The van der Waals surface area contributed by atoms with Crippen molar-refractivity contribution in [1.29, 1.82) is 0 Å². The molecule has 0 radical (unpaired) electrons. The molecule has 2 aliphatic rings. The number of fused-ring (bicyclic) bond motifs is 1. The molecule has 2 aromatic rings. The first-order chi connectivity index (χ1) is 11.2. The lowest BCUT2D eigenvalue weighted by atomic mass is 9.50. The minimum absolute atomic E-state index is 0.125. The fraction of sp³-hybridized carbons (Fsp3) is 0.526. The molecule has 2 atom stereocenters. The Balaban J connectivity index is 1.54. The highest BCUT2D eigenvalue weighted by molar-refractivity contribution is 5.95. The first kappa shape index (κ1) is 14.8. The van der Waals surface area contributed by atoms with E-state index in [1.807, 2.05) is 53.0 Å². The van der Waals surface area contributed by atoms with Crippen LogP contribution in [0.15, 0.2) is 36.7 Å². The summed E-state index contributed by atoms with van der Waals surface area (Å²) >= 11 is 0. The molecular formula is C19H24N2O2. The average Bonchev–Trinajstić information content (AvgIpc) is 2.92. The van der Waals surface area contributed by atoms with Gasteiger partial charge in [0.2, 0.25) is 0 Å². The second kappa shape index (κ2) is 5.38. The van der Waals surface area contributed by atoms with Gasteiger partial charge in [0.05, 0.1) is 11.7 Å². The molecule has 0 aromatic carbocycles. The summed E-state index contributed by atoms with van der Waals surface area (Å²) < 4.78 is 7.91. The quantitative estimate of drug-likeness (QED) is 0.867. The maximum atomic E-state index is 12.9. The lowest BCUT2D eigenvalue weighted by Crippen LogP contribution is -2.67. The number of nitrogens with zero attached hydrogens (tertiary/aromatic N) is 2. The second-order valence-corrected chi connectivity index (χ2v) is 6.96. The smallest absolute Gasteiger partial charge is 0.255 e. The van der Waals surface area contributed by atoms with Crippen LogP contribution in [0.1, 0.15) is 43.0 Å². The van der Waals surface area contributed by atoms with Gasteiger partial charge in [-0.2, -0.15) is 0 Å². The standard InChI is InChI=1S/C19H24N2O2/c1-3-23-17-12-16(19(17)8-6-9-19)20(2)18(22)14-11-15-7-4-5-10-21(15)13-14/h4-5,7,10-11,13,16-17H,3,6,8-9,12H2,1-2H3/t16-,17-/m1/s1. The van der Waals surface area contributed by atoms with E-state index in [0.717, 1.165) is 24.1 Å². The Hall–Kier alpha value is -1.81. The number of ether oxygens (including phenoxy) is 1. The van der Waals surface area contributed by atoms with Crippen LogP contribution in [0.3, 0.4) is 0 Å². The highest BCUT2D eigenvalue weighted by Crippen LogP contribution is 2.59. The maximum Gasteiger partial charge on any atom is 0.255 e. The van der Waals surface area contributed by atoms with Crippen LogP contribution in [0.4, 0.5) is 0 Å². The summed E-state index contributed by atoms with van der Waals surface area (Å²) in [4.78, 5) is 14.9. The summed E-state index contributed by atoms with van der Waals surface area (Å²) in [7, 11) is 1.96. The van der Waals surface area contributed by atoms with Gasteiger partial charge >= 0.3 is 0 Å². The summed E-state index contributed by atoms with van der Waals surface area (Å²) in [6.07, 6.45) is 8.88. The lowest BCUT2D eigenvalue weighted by molar-refractivity contribution is -0.192. The van der Waals surface area contributed by atoms with Crippen LogP contribution < -0.4 is 0 Å². The van der Waals surface area contributed by atoms with Gasteiger partial charge in [0.15, 0.2) is 0 Å². The molecule has 0 N–H and O–H groups in total. The molecule has 1 spiro atoms. The minimum atomic E-state index is 0.125. The molecule has 2 heterocycles. The van der Waals surface area contributed by atoms with E-state index in [0.29, 0.717) is 12.1 Å². The van der Waals surface area contributed by atoms with Crippen LogP contribution in [0.5, 0.6) is 0 Å². The Morgan fingerprint density at radius 3 is 2.91 bits per heavy atom. The van der Waals surface area contributed by atoms with E-state index in [-0.39, 0.29) is 11.3 Å². The van der Waals surface area contributed by atoms with Crippen LogP contribution in [0.2, 0.25) is 0 Å². The van der Waals surface area contributed by atoms with Crippen molar-refractivity contribution in [3.05, 3.63) is 42.2 Å². The highest BCUT2D eigenvalue weighted by atomic mass is 16.5. The van der Waals surface area contributed by atoms with Crippen LogP contribution in [0, 0.1) is 5.41 Å². The van der Waals surface area contributed by atoms with Crippen molar-refractivity contribution >= 4 is 11.4 Å². The summed E-state index contributed by atoms with van der Waals surface area (Å²) in [5, 5.41) is 0. The molecule has 2 saturated carbocycles. The lowest BCUT2D eigenvalue weighted by Gasteiger charge is -2.63. The number of pyridine rings is 1. The Morgan fingerprint density at radius 1 is 1.43 bits per heavy atom. The fourth-order valence-electron chi connectivity index (χ4n) is 4.46. The van der Waals surface area contributed by atoms with Crippen molar-refractivity contribution in [1.82, 2.24) is 9.30 Å². The highest BCUT2D eigenvalue weighted by Gasteiger charge is 2.60. The number of rotatable bonds is 4. The molecule has 23 heavy (non-hydrogen) atoms. The number of carbonyl (C=O) groups excluding carboxylic acids is 1. The SMILES string of the molecule is CCO[C@@H]1C[C@@H](N(C)C(=O)c2cc3ccccn3c2)C12CCC2. The van der Waals surface area contributed by atoms with Crippen molar-refractivity contribution in [2.75, 3.05) is 13.7 Å². The van der Waals surface area contributed by atoms with E-state index in [1.165, 1.54) is 19.3 Å². The second-order valence-electron chi connectivity index (χ2n) is 6.96. The van der Waals surface area contributed by atoms with Gasteiger partial charge in [-0.1, -0.05) is 12.5 Å². The third kappa shape index (κ3) is 2.12. The van der Waals surface area contributed by atoms with Gasteiger partial charge in [-0.25, -0.2) is 0 Å². The fourth-order valence-corrected chi connectivity index (χ4v) is 4.46.